The highest BCUT2D eigenvalue weighted by Gasteiger charge is 2.27. The van der Waals surface area contributed by atoms with Crippen LogP contribution in [0.4, 0.5) is 0 Å². The smallest absolute Gasteiger partial charge is 0.269 e. The number of nitrogens with zero attached hydrogens (tertiary/aromatic N) is 4. The predicted molar refractivity (Wildman–Crippen MR) is 138 cm³/mol. The number of hydrogen-bond acceptors (Lipinski definition) is 5. The lowest BCUT2D eigenvalue weighted by Gasteiger charge is -2.33. The van der Waals surface area contributed by atoms with E-state index in [-0.39, 0.29) is 11.8 Å². The first-order chi connectivity index (χ1) is 16.9. The maximum Gasteiger partial charge on any atom is 0.269 e. The molecule has 3 heterocycles. The average molecular weight is 493 g/mol. The van der Waals surface area contributed by atoms with Gasteiger partial charge < -0.3 is 19.4 Å². The summed E-state index contributed by atoms with van der Waals surface area (Å²) < 4.78 is 5.30. The van der Waals surface area contributed by atoms with Gasteiger partial charge in [-0.15, -0.1) is 0 Å². The van der Waals surface area contributed by atoms with Gasteiger partial charge in [0, 0.05) is 55.7 Å². The van der Waals surface area contributed by atoms with Gasteiger partial charge in [-0.1, -0.05) is 13.0 Å². The highest BCUT2D eigenvalue weighted by molar-refractivity contribution is 7.97. The Morgan fingerprint density at radius 1 is 1.26 bits per heavy atom. The number of nitriles is 1. The number of aromatic amines is 1. The molecule has 0 saturated carbocycles. The molecule has 184 valence electrons. The molecular weight excluding hydrogens is 460 g/mol. The van der Waals surface area contributed by atoms with E-state index >= 15 is 0 Å². The molecule has 1 aliphatic heterocycles. The molecule has 1 aromatic carbocycles. The number of hydrogen-bond donors (Lipinski definition) is 2. The molecule has 1 unspecified atom stereocenters. The molecule has 1 fully saturated rings. The van der Waals surface area contributed by atoms with Gasteiger partial charge in [0.2, 0.25) is 5.91 Å². The van der Waals surface area contributed by atoms with Gasteiger partial charge in [0.15, 0.2) is 0 Å². The maximum atomic E-state index is 13.5. The van der Waals surface area contributed by atoms with Gasteiger partial charge in [0.05, 0.1) is 6.04 Å². The minimum atomic E-state index is -0.403. The summed E-state index contributed by atoms with van der Waals surface area (Å²) in [6.45, 7) is 4.36. The Hall–Kier alpha value is -3.22. The Balaban J connectivity index is 1.52. The summed E-state index contributed by atoms with van der Waals surface area (Å²) >= 11 is 1.41. The van der Waals surface area contributed by atoms with Crippen molar-refractivity contribution < 1.29 is 9.59 Å². The molecule has 2 N–H and O–H groups in total. The van der Waals surface area contributed by atoms with Gasteiger partial charge >= 0.3 is 0 Å². The van der Waals surface area contributed by atoms with E-state index in [2.05, 4.69) is 22.7 Å². The normalized spacial score (nSPS) is 15.2. The molecule has 9 heteroatoms. The van der Waals surface area contributed by atoms with Crippen LogP contribution in [-0.2, 0) is 11.3 Å². The standard InChI is InChI=1S/C26H32N6O2S/c1-18-9-13-32(14-10-18)26(34)22(11-15-31-12-5-6-19(31)17-27)29-35-24-8-4-7-21-20(24)16-23(28-21)25(33)30(2)3/h4-8,12,16,18,22,28-29H,9-11,13-15H2,1-3H3. The Morgan fingerprint density at radius 3 is 2.74 bits per heavy atom. The first kappa shape index (κ1) is 24.9. The molecule has 1 atom stereocenters. The van der Waals surface area contributed by atoms with E-state index < -0.39 is 6.04 Å². The molecule has 2 amide bonds. The lowest BCUT2D eigenvalue weighted by Crippen LogP contribution is -2.47. The number of benzene rings is 1. The number of aromatic nitrogens is 2. The monoisotopic (exact) mass is 492 g/mol. The van der Waals surface area contributed by atoms with E-state index in [4.69, 9.17) is 0 Å². The van der Waals surface area contributed by atoms with Crippen molar-refractivity contribution in [1.29, 1.82) is 5.26 Å². The zero-order valence-corrected chi connectivity index (χ0v) is 21.3. The highest BCUT2D eigenvalue weighted by Crippen LogP contribution is 2.28. The van der Waals surface area contributed by atoms with Crippen molar-refractivity contribution in [1.82, 2.24) is 24.1 Å². The molecule has 4 rings (SSSR count). The molecule has 0 aliphatic carbocycles. The van der Waals surface area contributed by atoms with E-state index in [0.717, 1.165) is 41.7 Å². The Bertz CT molecular complexity index is 1230. The van der Waals surface area contributed by atoms with Crippen molar-refractivity contribution in [2.75, 3.05) is 27.2 Å². The van der Waals surface area contributed by atoms with Crippen LogP contribution in [-0.4, -0.2) is 64.4 Å². The van der Waals surface area contributed by atoms with Crippen LogP contribution in [0.25, 0.3) is 10.9 Å². The molecule has 2 aromatic heterocycles. The molecule has 0 bridgehead atoms. The molecule has 3 aromatic rings. The number of amides is 2. The molecule has 1 aliphatic rings. The van der Waals surface area contributed by atoms with Crippen molar-refractivity contribution >= 4 is 34.7 Å². The SMILES string of the molecule is CC1CCN(C(=O)C(CCn2cccc2C#N)NSc2cccc3[nH]c(C(=O)N(C)C)cc23)CC1. The third-order valence-corrected chi connectivity index (χ3v) is 7.55. The summed E-state index contributed by atoms with van der Waals surface area (Å²) in [5, 5.41) is 10.3. The molecule has 8 nitrogen and oxygen atoms in total. The second-order valence-corrected chi connectivity index (χ2v) is 10.2. The van der Waals surface area contributed by atoms with Crippen LogP contribution in [0.1, 0.15) is 42.4 Å². The van der Waals surface area contributed by atoms with E-state index in [0.29, 0.717) is 30.3 Å². The van der Waals surface area contributed by atoms with Crippen molar-refractivity contribution in [2.45, 2.75) is 43.7 Å². The van der Waals surface area contributed by atoms with E-state index in [9.17, 15) is 14.9 Å². The van der Waals surface area contributed by atoms with E-state index in [1.807, 2.05) is 46.0 Å². The summed E-state index contributed by atoms with van der Waals surface area (Å²) in [5.74, 6) is 0.653. The van der Waals surface area contributed by atoms with E-state index in [1.165, 1.54) is 11.9 Å². The topological polar surface area (TPSA) is 97.2 Å². The van der Waals surface area contributed by atoms with Crippen molar-refractivity contribution in [3.8, 4) is 6.07 Å². The fourth-order valence-electron chi connectivity index (χ4n) is 4.37. The van der Waals surface area contributed by atoms with Gasteiger partial charge in [-0.2, -0.15) is 5.26 Å². The minimum Gasteiger partial charge on any atom is -0.350 e. The number of piperidine rings is 1. The van der Waals surface area contributed by atoms with Gasteiger partial charge in [-0.05, 0) is 67.5 Å². The minimum absolute atomic E-state index is 0.0856. The third-order valence-electron chi connectivity index (χ3n) is 6.57. The number of nitrogens with one attached hydrogen (secondary N) is 2. The Kier molecular flexibility index (Phi) is 7.83. The van der Waals surface area contributed by atoms with Crippen LogP contribution >= 0.6 is 11.9 Å². The van der Waals surface area contributed by atoms with Crippen LogP contribution < -0.4 is 4.72 Å². The number of carbonyl (C=O) groups excluding carboxylic acids is 2. The number of aryl methyl sites for hydroxylation is 1. The van der Waals surface area contributed by atoms with Gasteiger partial charge in [-0.3, -0.25) is 9.59 Å². The summed E-state index contributed by atoms with van der Waals surface area (Å²) in [4.78, 5) is 33.6. The Morgan fingerprint density at radius 2 is 2.03 bits per heavy atom. The van der Waals surface area contributed by atoms with Crippen molar-refractivity contribution in [2.24, 2.45) is 5.92 Å². The third kappa shape index (κ3) is 5.72. The van der Waals surface area contributed by atoms with Crippen LogP contribution in [0.3, 0.4) is 0 Å². The summed E-state index contributed by atoms with van der Waals surface area (Å²) in [7, 11) is 3.45. The second kappa shape index (κ2) is 11.0. The van der Waals surface area contributed by atoms with Crippen LogP contribution in [0.15, 0.2) is 47.5 Å². The van der Waals surface area contributed by atoms with E-state index in [1.54, 1.807) is 25.1 Å². The van der Waals surface area contributed by atoms with Crippen LogP contribution in [0.5, 0.6) is 0 Å². The molecule has 35 heavy (non-hydrogen) atoms. The van der Waals surface area contributed by atoms with Gasteiger partial charge in [0.1, 0.15) is 17.5 Å². The molecule has 1 saturated heterocycles. The second-order valence-electron chi connectivity index (χ2n) is 9.37. The van der Waals surface area contributed by atoms with Crippen LogP contribution in [0, 0.1) is 17.2 Å². The molecule has 0 radical (unpaired) electrons. The summed E-state index contributed by atoms with van der Waals surface area (Å²) in [5.41, 5.74) is 2.00. The predicted octanol–water partition coefficient (Wildman–Crippen LogP) is 3.86. The maximum absolute atomic E-state index is 13.5. The largest absolute Gasteiger partial charge is 0.350 e. The van der Waals surface area contributed by atoms with Gasteiger partial charge in [-0.25, -0.2) is 4.72 Å². The van der Waals surface area contributed by atoms with Crippen molar-refractivity contribution in [3.63, 3.8) is 0 Å². The first-order valence-electron chi connectivity index (χ1n) is 12.0. The number of likely N-dealkylation sites (tertiary alicyclic amines) is 1. The molecular formula is C26H32N6O2S. The fraction of sp³-hybridized carbons (Fsp3) is 0.423. The molecule has 0 spiro atoms. The quantitative estimate of drug-likeness (QED) is 0.466. The number of H-pyrrole nitrogens is 1. The summed E-state index contributed by atoms with van der Waals surface area (Å²) in [6.07, 6.45) is 4.48. The number of carbonyl (C=O) groups is 2. The zero-order valence-electron chi connectivity index (χ0n) is 20.5. The fourth-order valence-corrected chi connectivity index (χ4v) is 5.28. The van der Waals surface area contributed by atoms with Crippen molar-refractivity contribution in [3.05, 3.63) is 54.0 Å². The number of fused-ring (bicyclic) bond motifs is 1. The lowest BCUT2D eigenvalue weighted by molar-refractivity contribution is -0.134. The zero-order chi connectivity index (χ0) is 24.9. The highest BCUT2D eigenvalue weighted by atomic mass is 32.2. The first-order valence-corrected chi connectivity index (χ1v) is 12.8. The summed E-state index contributed by atoms with van der Waals surface area (Å²) in [6, 6.07) is 13.2. The lowest BCUT2D eigenvalue weighted by atomic mass is 9.98. The van der Waals surface area contributed by atoms with Crippen LogP contribution in [0.2, 0.25) is 0 Å². The Labute approximate surface area is 210 Å². The van der Waals surface area contributed by atoms with Gasteiger partial charge in [0.25, 0.3) is 5.91 Å². The average Bonchev–Trinajstić information content (AvgIpc) is 3.50. The number of rotatable bonds is 8.